The number of ether oxygens (including phenoxy) is 1. The highest BCUT2D eigenvalue weighted by Crippen LogP contribution is 2.47. The Balaban J connectivity index is 1.20. The van der Waals surface area contributed by atoms with Crippen LogP contribution in [0.2, 0.25) is 0 Å². The highest BCUT2D eigenvalue weighted by molar-refractivity contribution is 5.79. The SMILES string of the molecule is O=C(OCC1c2ccccc2-c2ccccc21)N1C2CCCC1CC(O)(c1cc(C(F)(F)F)ccn1)C2. The Labute approximate surface area is 212 Å². The molecule has 1 N–H and O–H groups in total. The molecule has 5 nitrogen and oxygen atoms in total. The summed E-state index contributed by atoms with van der Waals surface area (Å²) >= 11 is 0. The van der Waals surface area contributed by atoms with Gasteiger partial charge in [-0.25, -0.2) is 4.79 Å². The molecule has 0 saturated carbocycles. The van der Waals surface area contributed by atoms with Gasteiger partial charge in [0.25, 0.3) is 0 Å². The number of hydrogen-bond acceptors (Lipinski definition) is 4. The molecule has 3 aliphatic rings. The predicted octanol–water partition coefficient (Wildman–Crippen LogP) is 6.25. The summed E-state index contributed by atoms with van der Waals surface area (Å²) in [6, 6.07) is 17.4. The van der Waals surface area contributed by atoms with Crippen molar-refractivity contribution in [1.29, 1.82) is 0 Å². The highest BCUT2D eigenvalue weighted by atomic mass is 19.4. The molecular formula is C29H27F3N2O3. The van der Waals surface area contributed by atoms with Crippen LogP contribution in [-0.2, 0) is 16.5 Å². The Morgan fingerprint density at radius 1 is 1.00 bits per heavy atom. The molecule has 1 aliphatic carbocycles. The molecule has 1 aromatic heterocycles. The van der Waals surface area contributed by atoms with Gasteiger partial charge in [-0.05, 0) is 53.6 Å². The summed E-state index contributed by atoms with van der Waals surface area (Å²) in [4.78, 5) is 19.2. The number of halogens is 3. The van der Waals surface area contributed by atoms with Gasteiger partial charge in [-0.2, -0.15) is 13.2 Å². The molecule has 2 unspecified atom stereocenters. The average Bonchev–Trinajstić information content (AvgIpc) is 3.20. The lowest BCUT2D eigenvalue weighted by molar-refractivity contribution is -0.138. The van der Waals surface area contributed by atoms with Crippen LogP contribution in [0.5, 0.6) is 0 Å². The summed E-state index contributed by atoms with van der Waals surface area (Å²) in [5.41, 5.74) is 2.18. The molecule has 2 bridgehead atoms. The maximum atomic E-state index is 13.4. The van der Waals surface area contributed by atoms with Crippen molar-refractivity contribution in [3.63, 3.8) is 0 Å². The van der Waals surface area contributed by atoms with Crippen LogP contribution in [0.1, 0.15) is 60.4 Å². The fourth-order valence-corrected chi connectivity index (χ4v) is 6.47. The van der Waals surface area contributed by atoms with E-state index >= 15 is 0 Å². The van der Waals surface area contributed by atoms with Crippen molar-refractivity contribution >= 4 is 6.09 Å². The van der Waals surface area contributed by atoms with E-state index in [4.69, 9.17) is 4.74 Å². The summed E-state index contributed by atoms with van der Waals surface area (Å²) in [6.07, 6.45) is -1.42. The predicted molar refractivity (Wildman–Crippen MR) is 131 cm³/mol. The third kappa shape index (κ3) is 4.17. The molecule has 3 heterocycles. The van der Waals surface area contributed by atoms with Crippen LogP contribution in [0, 0.1) is 0 Å². The largest absolute Gasteiger partial charge is 0.448 e. The monoisotopic (exact) mass is 508 g/mol. The Hall–Kier alpha value is -3.39. The molecule has 8 heteroatoms. The van der Waals surface area contributed by atoms with Gasteiger partial charge in [0.05, 0.1) is 11.3 Å². The quantitative estimate of drug-likeness (QED) is 0.454. The molecular weight excluding hydrogens is 481 g/mol. The number of rotatable bonds is 3. The van der Waals surface area contributed by atoms with E-state index in [1.807, 2.05) is 24.3 Å². The van der Waals surface area contributed by atoms with Gasteiger partial charge in [-0.1, -0.05) is 48.5 Å². The van der Waals surface area contributed by atoms with E-state index < -0.39 is 23.4 Å². The number of piperidine rings is 2. The highest BCUT2D eigenvalue weighted by Gasteiger charge is 2.50. The van der Waals surface area contributed by atoms with E-state index in [0.29, 0.717) is 12.8 Å². The molecule has 0 radical (unpaired) electrons. The number of fused-ring (bicyclic) bond motifs is 5. The topological polar surface area (TPSA) is 62.7 Å². The van der Waals surface area contributed by atoms with Crippen LogP contribution in [0.25, 0.3) is 11.1 Å². The summed E-state index contributed by atoms with van der Waals surface area (Å²) in [7, 11) is 0. The lowest BCUT2D eigenvalue weighted by atomic mass is 9.74. The Kier molecular flexibility index (Phi) is 5.75. The zero-order valence-electron chi connectivity index (χ0n) is 20.1. The average molecular weight is 509 g/mol. The van der Waals surface area contributed by atoms with Crippen molar-refractivity contribution in [1.82, 2.24) is 9.88 Å². The van der Waals surface area contributed by atoms with Gasteiger partial charge < -0.3 is 14.7 Å². The lowest BCUT2D eigenvalue weighted by Gasteiger charge is -2.51. The van der Waals surface area contributed by atoms with Gasteiger partial charge in [0.2, 0.25) is 0 Å². The minimum Gasteiger partial charge on any atom is -0.448 e. The fourth-order valence-electron chi connectivity index (χ4n) is 6.47. The van der Waals surface area contributed by atoms with Crippen LogP contribution < -0.4 is 0 Å². The molecule has 2 aliphatic heterocycles. The summed E-state index contributed by atoms with van der Waals surface area (Å²) in [5.74, 6) is -0.0628. The molecule has 2 saturated heterocycles. The van der Waals surface area contributed by atoms with E-state index in [9.17, 15) is 23.1 Å². The molecule has 6 rings (SSSR count). The molecule has 192 valence electrons. The van der Waals surface area contributed by atoms with Gasteiger partial charge >= 0.3 is 12.3 Å². The van der Waals surface area contributed by atoms with Gasteiger partial charge in [-0.15, -0.1) is 0 Å². The minimum atomic E-state index is -4.52. The number of benzene rings is 2. The lowest BCUT2D eigenvalue weighted by Crippen LogP contribution is -2.59. The van der Waals surface area contributed by atoms with Crippen LogP contribution in [0.4, 0.5) is 18.0 Å². The molecule has 2 fully saturated rings. The van der Waals surface area contributed by atoms with Crippen molar-refractivity contribution in [3.8, 4) is 11.1 Å². The zero-order valence-corrected chi connectivity index (χ0v) is 20.1. The number of hydrogen-bond donors (Lipinski definition) is 1. The molecule has 2 aromatic carbocycles. The van der Waals surface area contributed by atoms with Gasteiger partial charge in [0, 0.05) is 37.0 Å². The second-order valence-corrected chi connectivity index (χ2v) is 10.3. The number of pyridine rings is 1. The smallest absolute Gasteiger partial charge is 0.416 e. The first-order valence-electron chi connectivity index (χ1n) is 12.6. The van der Waals surface area contributed by atoms with Crippen molar-refractivity contribution < 1.29 is 27.8 Å². The van der Waals surface area contributed by atoms with Crippen molar-refractivity contribution in [3.05, 3.63) is 89.2 Å². The maximum Gasteiger partial charge on any atom is 0.416 e. The van der Waals surface area contributed by atoms with Crippen LogP contribution in [0.15, 0.2) is 66.9 Å². The van der Waals surface area contributed by atoms with Crippen molar-refractivity contribution in [2.45, 2.75) is 61.9 Å². The van der Waals surface area contributed by atoms with E-state index in [0.717, 1.165) is 47.0 Å². The number of carbonyl (C=O) groups is 1. The first-order valence-corrected chi connectivity index (χ1v) is 12.6. The molecule has 37 heavy (non-hydrogen) atoms. The summed E-state index contributed by atoms with van der Waals surface area (Å²) < 4.78 is 45.7. The molecule has 2 atom stereocenters. The number of aromatic nitrogens is 1. The fraction of sp³-hybridized carbons (Fsp3) is 0.379. The van der Waals surface area contributed by atoms with E-state index in [2.05, 4.69) is 29.2 Å². The van der Waals surface area contributed by atoms with Gasteiger partial charge in [0.1, 0.15) is 12.2 Å². The van der Waals surface area contributed by atoms with E-state index in [1.165, 1.54) is 0 Å². The first kappa shape index (κ1) is 24.0. The summed E-state index contributed by atoms with van der Waals surface area (Å²) in [5, 5.41) is 11.5. The standard InChI is InChI=1S/C29H27F3N2O3/c30-29(31,32)18-12-13-33-26(14-18)28(36)15-19-6-5-7-20(16-28)34(19)27(35)37-17-25-23-10-3-1-8-21(23)22-9-2-4-11-24(22)25/h1-4,8-14,19-20,25,36H,5-7,15-17H2. The number of alkyl halides is 3. The minimum absolute atomic E-state index is 0.00594. The van der Waals surface area contributed by atoms with Crippen LogP contribution in [0.3, 0.4) is 0 Å². The number of aliphatic hydroxyl groups is 1. The molecule has 1 amide bonds. The third-order valence-electron chi connectivity index (χ3n) is 8.12. The summed E-state index contributed by atoms with van der Waals surface area (Å²) in [6.45, 7) is 0.197. The zero-order chi connectivity index (χ0) is 25.8. The number of nitrogens with zero attached hydrogens (tertiary/aromatic N) is 2. The van der Waals surface area contributed by atoms with Gasteiger partial charge in [-0.3, -0.25) is 4.98 Å². The number of amides is 1. The van der Waals surface area contributed by atoms with Crippen LogP contribution >= 0.6 is 0 Å². The Morgan fingerprint density at radius 3 is 2.19 bits per heavy atom. The number of carbonyl (C=O) groups excluding carboxylic acids is 1. The van der Waals surface area contributed by atoms with E-state index in [-0.39, 0.29) is 43.1 Å². The second kappa shape index (κ2) is 8.87. The Bertz CT molecular complexity index is 1280. The first-order chi connectivity index (χ1) is 17.7. The van der Waals surface area contributed by atoms with E-state index in [1.54, 1.807) is 4.90 Å². The third-order valence-corrected chi connectivity index (χ3v) is 8.12. The van der Waals surface area contributed by atoms with Crippen LogP contribution in [-0.4, -0.2) is 39.8 Å². The van der Waals surface area contributed by atoms with Crippen molar-refractivity contribution in [2.24, 2.45) is 0 Å². The maximum absolute atomic E-state index is 13.4. The normalized spacial score (nSPS) is 24.9. The molecule has 0 spiro atoms. The molecule has 3 aromatic rings. The van der Waals surface area contributed by atoms with Gasteiger partial charge in [0.15, 0.2) is 0 Å². The second-order valence-electron chi connectivity index (χ2n) is 10.3. The Morgan fingerprint density at radius 2 is 1.59 bits per heavy atom. The van der Waals surface area contributed by atoms with Crippen molar-refractivity contribution in [2.75, 3.05) is 6.61 Å².